The van der Waals surface area contributed by atoms with E-state index in [0.29, 0.717) is 11.3 Å². The van der Waals surface area contributed by atoms with Crippen molar-refractivity contribution in [3.63, 3.8) is 0 Å². The van der Waals surface area contributed by atoms with E-state index in [1.807, 2.05) is 0 Å². The number of aromatic hydroxyl groups is 1. The van der Waals surface area contributed by atoms with E-state index in [4.69, 9.17) is 0 Å². The molecule has 110 valence electrons. The van der Waals surface area contributed by atoms with Crippen molar-refractivity contribution in [1.29, 1.82) is 0 Å². The van der Waals surface area contributed by atoms with Gasteiger partial charge in [-0.2, -0.15) is 11.3 Å². The minimum absolute atomic E-state index is 0.105. The molecular weight excluding hydrogens is 292 g/mol. The predicted molar refractivity (Wildman–Crippen MR) is 79.7 cm³/mol. The molecule has 0 spiro atoms. The highest BCUT2D eigenvalue weighted by Crippen LogP contribution is 2.13. The Morgan fingerprint density at radius 1 is 1.19 bits per heavy atom. The second-order valence-corrected chi connectivity index (χ2v) is 5.15. The van der Waals surface area contributed by atoms with Crippen LogP contribution in [0.25, 0.3) is 0 Å². The minimum atomic E-state index is -1.12. The van der Waals surface area contributed by atoms with Crippen LogP contribution in [0.3, 0.4) is 0 Å². The van der Waals surface area contributed by atoms with Gasteiger partial charge in [-0.05, 0) is 29.1 Å². The quantitative estimate of drug-likeness (QED) is 0.681. The van der Waals surface area contributed by atoms with Gasteiger partial charge in [-0.1, -0.05) is 12.1 Å². The van der Waals surface area contributed by atoms with Crippen LogP contribution in [0.2, 0.25) is 0 Å². The van der Waals surface area contributed by atoms with Crippen LogP contribution >= 0.6 is 11.3 Å². The summed E-state index contributed by atoms with van der Waals surface area (Å²) in [5, 5.41) is 26.9. The van der Waals surface area contributed by atoms with Crippen molar-refractivity contribution in [3.05, 3.63) is 46.7 Å². The first-order chi connectivity index (χ1) is 10.0. The molecule has 0 saturated heterocycles. The van der Waals surface area contributed by atoms with Gasteiger partial charge in [-0.3, -0.25) is 0 Å². The third-order valence-electron chi connectivity index (χ3n) is 2.76. The van der Waals surface area contributed by atoms with Crippen molar-refractivity contribution in [1.82, 2.24) is 5.32 Å². The molecule has 4 N–H and O–H groups in total. The van der Waals surface area contributed by atoms with Gasteiger partial charge < -0.3 is 20.8 Å². The molecule has 0 saturated carbocycles. The largest absolute Gasteiger partial charge is 0.508 e. The molecule has 1 aromatic carbocycles. The molecule has 1 atom stereocenters. The number of carboxylic acids is 1. The Balaban J connectivity index is 1.97. The van der Waals surface area contributed by atoms with E-state index in [1.165, 1.54) is 23.5 Å². The number of benzene rings is 1. The van der Waals surface area contributed by atoms with Crippen LogP contribution in [-0.4, -0.2) is 28.3 Å². The number of anilines is 1. The summed E-state index contributed by atoms with van der Waals surface area (Å²) >= 11 is 1.43. The Morgan fingerprint density at radius 2 is 1.90 bits per heavy atom. The van der Waals surface area contributed by atoms with Gasteiger partial charge in [0.2, 0.25) is 0 Å². The maximum Gasteiger partial charge on any atom is 0.326 e. The predicted octanol–water partition coefficient (Wildman–Crippen LogP) is 2.27. The van der Waals surface area contributed by atoms with Crippen LogP contribution in [0.1, 0.15) is 5.56 Å². The maximum atomic E-state index is 11.7. The minimum Gasteiger partial charge on any atom is -0.508 e. The number of hydrogen-bond acceptors (Lipinski definition) is 4. The number of hydrogen-bond donors (Lipinski definition) is 4. The van der Waals surface area contributed by atoms with Gasteiger partial charge in [0.05, 0.1) is 5.69 Å². The highest BCUT2D eigenvalue weighted by atomic mass is 32.1. The molecule has 0 aliphatic rings. The first-order valence-corrected chi connectivity index (χ1v) is 7.09. The normalized spacial score (nSPS) is 11.6. The lowest BCUT2D eigenvalue weighted by molar-refractivity contribution is -0.139. The van der Waals surface area contributed by atoms with E-state index in [9.17, 15) is 19.8 Å². The number of aliphatic carboxylic acids is 1. The topological polar surface area (TPSA) is 98.7 Å². The lowest BCUT2D eigenvalue weighted by Crippen LogP contribution is -2.44. The van der Waals surface area contributed by atoms with E-state index in [0.717, 1.165) is 0 Å². The molecule has 2 rings (SSSR count). The van der Waals surface area contributed by atoms with Gasteiger partial charge in [0.15, 0.2) is 0 Å². The molecule has 6 nitrogen and oxygen atoms in total. The fourth-order valence-electron chi connectivity index (χ4n) is 1.73. The number of carboxylic acid groups (broad SMARTS) is 1. The number of carbonyl (C=O) groups is 2. The molecule has 2 amide bonds. The van der Waals surface area contributed by atoms with Gasteiger partial charge in [-0.15, -0.1) is 0 Å². The highest BCUT2D eigenvalue weighted by molar-refractivity contribution is 7.08. The van der Waals surface area contributed by atoms with Crippen molar-refractivity contribution in [2.24, 2.45) is 0 Å². The molecule has 1 heterocycles. The molecule has 1 aromatic heterocycles. The average molecular weight is 306 g/mol. The fraction of sp³-hybridized carbons (Fsp3) is 0.143. The number of thiophene rings is 1. The van der Waals surface area contributed by atoms with Crippen LogP contribution in [0, 0.1) is 0 Å². The first kappa shape index (κ1) is 14.9. The van der Waals surface area contributed by atoms with Gasteiger partial charge in [-0.25, -0.2) is 9.59 Å². The number of carbonyl (C=O) groups excluding carboxylic acids is 1. The Labute approximate surface area is 125 Å². The van der Waals surface area contributed by atoms with Crippen molar-refractivity contribution in [3.8, 4) is 5.75 Å². The zero-order valence-corrected chi connectivity index (χ0v) is 11.8. The SMILES string of the molecule is O=C(Nc1ccsc1)N[C@H](Cc1ccc(O)cc1)C(=O)O. The molecule has 2 aromatic rings. The van der Waals surface area contributed by atoms with Crippen molar-refractivity contribution < 1.29 is 19.8 Å². The van der Waals surface area contributed by atoms with Crippen molar-refractivity contribution >= 4 is 29.0 Å². The lowest BCUT2D eigenvalue weighted by Gasteiger charge is -2.15. The van der Waals surface area contributed by atoms with Gasteiger partial charge in [0.1, 0.15) is 11.8 Å². The fourth-order valence-corrected chi connectivity index (χ4v) is 2.32. The molecule has 0 bridgehead atoms. The number of phenolic OH excluding ortho intramolecular Hbond substituents is 1. The van der Waals surface area contributed by atoms with Crippen LogP contribution in [0.15, 0.2) is 41.1 Å². The van der Waals surface area contributed by atoms with Crippen LogP contribution in [0.4, 0.5) is 10.5 Å². The molecule has 21 heavy (non-hydrogen) atoms. The van der Waals surface area contributed by atoms with Gasteiger partial charge in [0.25, 0.3) is 0 Å². The third kappa shape index (κ3) is 4.50. The lowest BCUT2D eigenvalue weighted by atomic mass is 10.1. The van der Waals surface area contributed by atoms with Crippen LogP contribution < -0.4 is 10.6 Å². The smallest absolute Gasteiger partial charge is 0.326 e. The zero-order valence-electron chi connectivity index (χ0n) is 10.9. The Morgan fingerprint density at radius 3 is 2.48 bits per heavy atom. The summed E-state index contributed by atoms with van der Waals surface area (Å²) in [6, 6.07) is 6.28. The summed E-state index contributed by atoms with van der Waals surface area (Å²) in [5.41, 5.74) is 1.32. The molecule has 0 aliphatic heterocycles. The molecule has 0 aliphatic carbocycles. The number of phenols is 1. The first-order valence-electron chi connectivity index (χ1n) is 6.15. The summed E-state index contributed by atoms with van der Waals surface area (Å²) in [7, 11) is 0. The Kier molecular flexibility index (Phi) is 4.78. The monoisotopic (exact) mass is 306 g/mol. The summed E-state index contributed by atoms with van der Waals surface area (Å²) in [6.07, 6.45) is 0.132. The van der Waals surface area contributed by atoms with E-state index >= 15 is 0 Å². The Bertz CT molecular complexity index is 610. The zero-order chi connectivity index (χ0) is 15.2. The highest BCUT2D eigenvalue weighted by Gasteiger charge is 2.20. The number of urea groups is 1. The van der Waals surface area contributed by atoms with Crippen molar-refractivity contribution in [2.75, 3.05) is 5.32 Å². The second kappa shape index (κ2) is 6.76. The van der Waals surface area contributed by atoms with Crippen LogP contribution in [0.5, 0.6) is 5.75 Å². The summed E-state index contributed by atoms with van der Waals surface area (Å²) in [4.78, 5) is 23.0. The molecular formula is C14H14N2O4S. The molecule has 0 unspecified atom stereocenters. The number of rotatable bonds is 5. The number of amides is 2. The summed E-state index contributed by atoms with van der Waals surface area (Å²) in [6.45, 7) is 0. The Hall–Kier alpha value is -2.54. The summed E-state index contributed by atoms with van der Waals surface area (Å²) in [5.74, 6) is -1.02. The standard InChI is InChI=1S/C14H14N2O4S/c17-11-3-1-9(2-4-11)7-12(13(18)19)16-14(20)15-10-5-6-21-8-10/h1-6,8,12,17H,7H2,(H,18,19)(H2,15,16,20)/t12-/m1/s1. The second-order valence-electron chi connectivity index (χ2n) is 4.37. The average Bonchev–Trinajstić information content (AvgIpc) is 2.93. The third-order valence-corrected chi connectivity index (χ3v) is 3.44. The summed E-state index contributed by atoms with van der Waals surface area (Å²) < 4.78 is 0. The molecule has 0 radical (unpaired) electrons. The van der Waals surface area contributed by atoms with E-state index < -0.39 is 18.0 Å². The van der Waals surface area contributed by atoms with E-state index in [2.05, 4.69) is 10.6 Å². The van der Waals surface area contributed by atoms with Crippen molar-refractivity contribution in [2.45, 2.75) is 12.5 Å². The van der Waals surface area contributed by atoms with Gasteiger partial charge >= 0.3 is 12.0 Å². The molecule has 7 heteroatoms. The maximum absolute atomic E-state index is 11.7. The van der Waals surface area contributed by atoms with E-state index in [1.54, 1.807) is 29.0 Å². The van der Waals surface area contributed by atoms with Gasteiger partial charge in [0, 0.05) is 11.8 Å². The number of nitrogens with one attached hydrogen (secondary N) is 2. The molecule has 0 fully saturated rings. The van der Waals surface area contributed by atoms with E-state index in [-0.39, 0.29) is 12.2 Å². The van der Waals surface area contributed by atoms with Crippen LogP contribution in [-0.2, 0) is 11.2 Å².